The van der Waals surface area contributed by atoms with Gasteiger partial charge in [0.1, 0.15) is 6.10 Å². The number of ether oxygens (including phenoxy) is 1. The summed E-state index contributed by atoms with van der Waals surface area (Å²) in [5.74, 6) is -0.000115. The number of hydrogen-bond donors (Lipinski definition) is 1. The summed E-state index contributed by atoms with van der Waals surface area (Å²) < 4.78 is 22.4. The molecule has 0 aliphatic carbocycles. The minimum Gasteiger partial charge on any atom is -0.351 e. The Morgan fingerprint density at radius 1 is 1.32 bits per heavy atom. The van der Waals surface area contributed by atoms with E-state index in [9.17, 15) is 9.59 Å². The molecule has 2 unspecified atom stereocenters. The number of nitriles is 1. The van der Waals surface area contributed by atoms with Crippen LogP contribution >= 0.6 is 8.53 Å². The van der Waals surface area contributed by atoms with Crippen molar-refractivity contribution in [2.24, 2.45) is 5.92 Å². The molecule has 1 aromatic heterocycles. The molecule has 2 heterocycles. The Morgan fingerprint density at radius 3 is 2.52 bits per heavy atom. The molecule has 1 fully saturated rings. The van der Waals surface area contributed by atoms with E-state index in [1.807, 2.05) is 13.8 Å². The van der Waals surface area contributed by atoms with Crippen molar-refractivity contribution in [1.29, 1.82) is 5.26 Å². The molecule has 1 N–H and O–H groups in total. The van der Waals surface area contributed by atoms with Crippen LogP contribution in [0.1, 0.15) is 66.2 Å². The average Bonchev–Trinajstić information content (AvgIpc) is 2.99. The summed E-state index contributed by atoms with van der Waals surface area (Å²) >= 11 is 0. The molecule has 2 rings (SSSR count). The number of nitrogens with zero attached hydrogens (tertiary/aromatic N) is 3. The minimum atomic E-state index is -1.50. The minimum absolute atomic E-state index is 0.000115. The maximum atomic E-state index is 12.6. The smallest absolute Gasteiger partial charge is 0.330 e. The summed E-state index contributed by atoms with van der Waals surface area (Å²) in [4.78, 5) is 26.8. The number of aromatic nitrogens is 2. The maximum Gasteiger partial charge on any atom is 0.330 e. The Kier molecular flexibility index (Phi) is 9.41. The lowest BCUT2D eigenvalue weighted by Crippen LogP contribution is -2.39. The van der Waals surface area contributed by atoms with Crippen molar-refractivity contribution >= 4 is 8.53 Å². The molecule has 10 heteroatoms. The third-order valence-corrected chi connectivity index (χ3v) is 7.52. The topological polar surface area (TPSA) is 110 Å². The molecule has 1 saturated heterocycles. The normalized spacial score (nSPS) is 24.8. The zero-order valence-electron chi connectivity index (χ0n) is 19.5. The largest absolute Gasteiger partial charge is 0.351 e. The first kappa shape index (κ1) is 25.7. The standard InChI is InChI=1S/C21H35N4O5P/c1-8-17-16(7)18(20(29-17)24-12-15(6)19(26)23-21(24)27)30-31(28-11-9-10-22)25(13(2)3)14(4)5/h12-14,16-18,20H,8-9,11H2,1-7H3,(H,23,26,27)/t16?,17-,18+,20-,31?/m1/s1. The quantitative estimate of drug-likeness (QED) is 0.426. The van der Waals surface area contributed by atoms with E-state index in [4.69, 9.17) is 19.0 Å². The molecule has 0 spiro atoms. The van der Waals surface area contributed by atoms with Gasteiger partial charge in [-0.1, -0.05) is 13.8 Å². The van der Waals surface area contributed by atoms with Crippen molar-refractivity contribution in [3.63, 3.8) is 0 Å². The summed E-state index contributed by atoms with van der Waals surface area (Å²) in [6.45, 7) is 14.3. The number of aromatic amines is 1. The van der Waals surface area contributed by atoms with Crippen LogP contribution < -0.4 is 11.2 Å². The van der Waals surface area contributed by atoms with Gasteiger partial charge < -0.3 is 13.8 Å². The molecule has 0 amide bonds. The molecule has 9 nitrogen and oxygen atoms in total. The van der Waals surface area contributed by atoms with Crippen LogP contribution in [0.4, 0.5) is 0 Å². The van der Waals surface area contributed by atoms with Crippen LogP contribution in [0.15, 0.2) is 15.8 Å². The van der Waals surface area contributed by atoms with Gasteiger partial charge in [0.15, 0.2) is 6.23 Å². The Labute approximate surface area is 185 Å². The monoisotopic (exact) mass is 454 g/mol. The summed E-state index contributed by atoms with van der Waals surface area (Å²) in [7, 11) is -1.50. The lowest BCUT2D eigenvalue weighted by Gasteiger charge is -2.38. The van der Waals surface area contributed by atoms with Crippen LogP contribution in [0.25, 0.3) is 0 Å². The average molecular weight is 455 g/mol. The molecule has 5 atom stereocenters. The number of hydrogen-bond acceptors (Lipinski definition) is 7. The van der Waals surface area contributed by atoms with Gasteiger partial charge in [-0.3, -0.25) is 14.3 Å². The molecule has 1 aliphatic rings. The molecule has 1 aliphatic heterocycles. The second-order valence-corrected chi connectivity index (χ2v) is 9.83. The summed E-state index contributed by atoms with van der Waals surface area (Å²) in [6, 6.07) is 2.41. The Hall–Kier alpha value is -1.56. The van der Waals surface area contributed by atoms with Crippen molar-refractivity contribution in [3.8, 4) is 6.07 Å². The summed E-state index contributed by atoms with van der Waals surface area (Å²) in [6.07, 6.45) is 1.31. The van der Waals surface area contributed by atoms with Gasteiger partial charge in [-0.05, 0) is 41.0 Å². The zero-order chi connectivity index (χ0) is 23.3. The highest BCUT2D eigenvalue weighted by atomic mass is 31.2. The van der Waals surface area contributed by atoms with E-state index in [1.165, 1.54) is 10.8 Å². The van der Waals surface area contributed by atoms with Crippen molar-refractivity contribution in [2.75, 3.05) is 6.61 Å². The Morgan fingerprint density at radius 2 is 1.97 bits per heavy atom. The van der Waals surface area contributed by atoms with E-state index >= 15 is 0 Å². The van der Waals surface area contributed by atoms with E-state index in [-0.39, 0.29) is 37.1 Å². The van der Waals surface area contributed by atoms with Crippen LogP contribution in [0, 0.1) is 24.2 Å². The molecule has 0 saturated carbocycles. The van der Waals surface area contributed by atoms with Crippen LogP contribution in [0.2, 0.25) is 0 Å². The highest BCUT2D eigenvalue weighted by Gasteiger charge is 2.46. The fourth-order valence-electron chi connectivity index (χ4n) is 3.87. The lowest BCUT2D eigenvalue weighted by atomic mass is 9.99. The molecule has 1 aromatic rings. The van der Waals surface area contributed by atoms with Crippen LogP contribution in [-0.4, -0.2) is 45.1 Å². The lowest BCUT2D eigenvalue weighted by molar-refractivity contribution is -0.0374. The van der Waals surface area contributed by atoms with Crippen LogP contribution in [0.5, 0.6) is 0 Å². The second kappa shape index (κ2) is 11.3. The SMILES string of the molecule is CC[C@H]1O[C@@H](n2cc(C)c(=O)[nH]c2=O)[C@@H](OP(OCCC#N)N(C(C)C)C(C)C)C1C. The van der Waals surface area contributed by atoms with Crippen molar-refractivity contribution < 1.29 is 13.8 Å². The van der Waals surface area contributed by atoms with Crippen molar-refractivity contribution in [2.45, 2.75) is 91.8 Å². The van der Waals surface area contributed by atoms with E-state index in [2.05, 4.69) is 43.4 Å². The first-order valence-electron chi connectivity index (χ1n) is 10.8. The predicted octanol–water partition coefficient (Wildman–Crippen LogP) is 3.45. The van der Waals surface area contributed by atoms with Crippen LogP contribution in [-0.2, 0) is 13.8 Å². The van der Waals surface area contributed by atoms with E-state index in [0.717, 1.165) is 6.42 Å². The summed E-state index contributed by atoms with van der Waals surface area (Å²) in [5.41, 5.74) is -0.518. The molecular formula is C21H35N4O5P. The fraction of sp³-hybridized carbons (Fsp3) is 0.762. The first-order valence-corrected chi connectivity index (χ1v) is 12.0. The van der Waals surface area contributed by atoms with Crippen molar-refractivity contribution in [1.82, 2.24) is 14.2 Å². The molecule has 31 heavy (non-hydrogen) atoms. The molecular weight excluding hydrogens is 419 g/mol. The van der Waals surface area contributed by atoms with Gasteiger partial charge in [-0.25, -0.2) is 9.46 Å². The zero-order valence-corrected chi connectivity index (χ0v) is 20.4. The molecule has 174 valence electrons. The van der Waals surface area contributed by atoms with Gasteiger partial charge in [-0.2, -0.15) is 5.26 Å². The van der Waals surface area contributed by atoms with Crippen molar-refractivity contribution in [3.05, 3.63) is 32.6 Å². The maximum absolute atomic E-state index is 12.6. The number of nitrogens with one attached hydrogen (secondary N) is 1. The van der Waals surface area contributed by atoms with Gasteiger partial charge >= 0.3 is 5.69 Å². The Bertz CT molecular complexity index is 870. The molecule has 0 bridgehead atoms. The van der Waals surface area contributed by atoms with E-state index in [0.29, 0.717) is 5.56 Å². The third kappa shape index (κ3) is 6.03. The van der Waals surface area contributed by atoms with Gasteiger partial charge in [0.05, 0.1) is 25.2 Å². The highest BCUT2D eigenvalue weighted by molar-refractivity contribution is 7.44. The van der Waals surface area contributed by atoms with Gasteiger partial charge in [-0.15, -0.1) is 0 Å². The number of H-pyrrole nitrogens is 1. The van der Waals surface area contributed by atoms with Gasteiger partial charge in [0.2, 0.25) is 0 Å². The first-order chi connectivity index (χ1) is 14.6. The fourth-order valence-corrected chi connectivity index (χ4v) is 5.67. The predicted molar refractivity (Wildman–Crippen MR) is 120 cm³/mol. The Balaban J connectivity index is 2.43. The van der Waals surface area contributed by atoms with E-state index < -0.39 is 32.1 Å². The highest BCUT2D eigenvalue weighted by Crippen LogP contribution is 2.51. The number of aryl methyl sites for hydroxylation is 1. The molecule has 0 aromatic carbocycles. The third-order valence-electron chi connectivity index (χ3n) is 5.40. The second-order valence-electron chi connectivity index (χ2n) is 8.43. The van der Waals surface area contributed by atoms with Gasteiger partial charge in [0, 0.05) is 29.8 Å². The van der Waals surface area contributed by atoms with E-state index in [1.54, 1.807) is 6.92 Å². The molecule has 0 radical (unpaired) electrons. The van der Waals surface area contributed by atoms with Gasteiger partial charge in [0.25, 0.3) is 14.1 Å². The summed E-state index contributed by atoms with van der Waals surface area (Å²) in [5, 5.41) is 8.93. The number of rotatable bonds is 10. The van der Waals surface area contributed by atoms with Crippen LogP contribution in [0.3, 0.4) is 0 Å².